The van der Waals surface area contributed by atoms with Crippen molar-refractivity contribution in [2.24, 2.45) is 5.92 Å². The summed E-state index contributed by atoms with van der Waals surface area (Å²) in [6.07, 6.45) is 5.80. The largest absolute Gasteiger partial charge is 0.311 e. The molecule has 0 amide bonds. The summed E-state index contributed by atoms with van der Waals surface area (Å²) >= 11 is 0. The number of hydrogen-bond acceptors (Lipinski definition) is 1. The summed E-state index contributed by atoms with van der Waals surface area (Å²) in [5, 5.41) is 3.62. The van der Waals surface area contributed by atoms with E-state index in [2.05, 4.69) is 12.2 Å². The van der Waals surface area contributed by atoms with Crippen LogP contribution >= 0.6 is 0 Å². The van der Waals surface area contributed by atoms with Crippen molar-refractivity contribution in [3.63, 3.8) is 0 Å². The lowest BCUT2D eigenvalue weighted by Crippen LogP contribution is -2.29. The molecule has 0 aliphatic heterocycles. The van der Waals surface area contributed by atoms with Crippen LogP contribution in [0, 0.1) is 5.92 Å². The highest BCUT2D eigenvalue weighted by Gasteiger charge is 2.31. The molecule has 2 saturated carbocycles. The smallest absolute Gasteiger partial charge is 0.00708 e. The molecular formula is C8H15N. The van der Waals surface area contributed by atoms with Crippen LogP contribution in [0.15, 0.2) is 0 Å². The van der Waals surface area contributed by atoms with Crippen molar-refractivity contribution in [1.82, 2.24) is 5.32 Å². The van der Waals surface area contributed by atoms with Crippen LogP contribution in [0.4, 0.5) is 0 Å². The minimum atomic E-state index is 0.817. The zero-order valence-corrected chi connectivity index (χ0v) is 6.06. The second kappa shape index (κ2) is 1.98. The molecule has 2 rings (SSSR count). The fourth-order valence-electron chi connectivity index (χ4n) is 1.35. The highest BCUT2D eigenvalue weighted by atomic mass is 15.0. The number of hydrogen-bond donors (Lipinski definition) is 1. The molecule has 1 unspecified atom stereocenters. The fraction of sp³-hybridized carbons (Fsp3) is 1.00. The van der Waals surface area contributed by atoms with Gasteiger partial charge in [0, 0.05) is 12.1 Å². The minimum absolute atomic E-state index is 0.817. The molecule has 1 heteroatoms. The van der Waals surface area contributed by atoms with E-state index in [0.29, 0.717) is 0 Å². The Morgan fingerprint density at radius 1 is 1.22 bits per heavy atom. The first-order valence-corrected chi connectivity index (χ1v) is 4.12. The van der Waals surface area contributed by atoms with E-state index in [9.17, 15) is 0 Å². The van der Waals surface area contributed by atoms with Gasteiger partial charge in [-0.25, -0.2) is 0 Å². The van der Waals surface area contributed by atoms with Crippen molar-refractivity contribution in [1.29, 1.82) is 0 Å². The molecule has 1 nitrogen and oxygen atoms in total. The maximum Gasteiger partial charge on any atom is 0.00708 e. The van der Waals surface area contributed by atoms with Crippen LogP contribution in [0.1, 0.15) is 32.6 Å². The predicted octanol–water partition coefficient (Wildman–Crippen LogP) is 1.54. The van der Waals surface area contributed by atoms with Crippen molar-refractivity contribution < 1.29 is 0 Å². The van der Waals surface area contributed by atoms with Gasteiger partial charge in [-0.1, -0.05) is 0 Å². The highest BCUT2D eigenvalue weighted by Crippen LogP contribution is 2.34. The molecule has 0 saturated heterocycles. The molecule has 1 atom stereocenters. The normalized spacial score (nSPS) is 30.3. The van der Waals surface area contributed by atoms with Gasteiger partial charge in [0.1, 0.15) is 0 Å². The molecule has 0 bridgehead atoms. The van der Waals surface area contributed by atoms with Gasteiger partial charge < -0.3 is 5.32 Å². The number of nitrogens with one attached hydrogen (secondary N) is 1. The first-order chi connectivity index (χ1) is 4.36. The van der Waals surface area contributed by atoms with Crippen LogP contribution in [0.3, 0.4) is 0 Å². The average molecular weight is 125 g/mol. The summed E-state index contributed by atoms with van der Waals surface area (Å²) in [4.78, 5) is 0. The van der Waals surface area contributed by atoms with E-state index in [4.69, 9.17) is 0 Å². The van der Waals surface area contributed by atoms with Gasteiger partial charge in [0.05, 0.1) is 0 Å². The highest BCUT2D eigenvalue weighted by molar-refractivity contribution is 4.90. The molecule has 0 radical (unpaired) electrons. The first-order valence-electron chi connectivity index (χ1n) is 4.12. The standard InChI is InChI=1S/C8H15N/c1-6(7-2-3-7)9-8-4-5-8/h6-9H,2-5H2,1H3. The van der Waals surface area contributed by atoms with Crippen LogP contribution in [0.25, 0.3) is 0 Å². The molecule has 0 aromatic rings. The van der Waals surface area contributed by atoms with Crippen LogP contribution in [-0.4, -0.2) is 12.1 Å². The zero-order chi connectivity index (χ0) is 6.27. The van der Waals surface area contributed by atoms with E-state index in [0.717, 1.165) is 18.0 Å². The van der Waals surface area contributed by atoms with Gasteiger partial charge in [0.25, 0.3) is 0 Å². The van der Waals surface area contributed by atoms with Crippen LogP contribution < -0.4 is 5.32 Å². The molecule has 0 heterocycles. The van der Waals surface area contributed by atoms with Crippen molar-refractivity contribution in [3.8, 4) is 0 Å². The molecule has 52 valence electrons. The Morgan fingerprint density at radius 3 is 2.33 bits per heavy atom. The molecule has 9 heavy (non-hydrogen) atoms. The van der Waals surface area contributed by atoms with E-state index in [1.807, 2.05) is 0 Å². The molecule has 2 aliphatic rings. The lowest BCUT2D eigenvalue weighted by atomic mass is 10.2. The van der Waals surface area contributed by atoms with E-state index >= 15 is 0 Å². The fourth-order valence-corrected chi connectivity index (χ4v) is 1.35. The van der Waals surface area contributed by atoms with Gasteiger partial charge in [0.2, 0.25) is 0 Å². The Labute approximate surface area is 56.8 Å². The molecule has 0 spiro atoms. The quantitative estimate of drug-likeness (QED) is 0.603. The summed E-state index contributed by atoms with van der Waals surface area (Å²) in [5.41, 5.74) is 0. The Kier molecular flexibility index (Phi) is 1.26. The summed E-state index contributed by atoms with van der Waals surface area (Å²) in [6.45, 7) is 2.33. The monoisotopic (exact) mass is 125 g/mol. The van der Waals surface area contributed by atoms with Gasteiger partial charge in [-0.2, -0.15) is 0 Å². The third kappa shape index (κ3) is 1.45. The van der Waals surface area contributed by atoms with E-state index < -0.39 is 0 Å². The lowest BCUT2D eigenvalue weighted by molar-refractivity contribution is 0.494. The lowest BCUT2D eigenvalue weighted by Gasteiger charge is -2.10. The molecular weight excluding hydrogens is 110 g/mol. The molecule has 0 aromatic carbocycles. The van der Waals surface area contributed by atoms with Crippen molar-refractivity contribution in [2.75, 3.05) is 0 Å². The second-order valence-electron chi connectivity index (χ2n) is 3.57. The average Bonchev–Trinajstić information content (AvgIpc) is 2.62. The SMILES string of the molecule is CC(NC1CC1)C1CC1. The van der Waals surface area contributed by atoms with Gasteiger partial charge in [-0.3, -0.25) is 0 Å². The second-order valence-corrected chi connectivity index (χ2v) is 3.57. The first kappa shape index (κ1) is 5.72. The van der Waals surface area contributed by atoms with Gasteiger partial charge in [-0.05, 0) is 38.5 Å². The Hall–Kier alpha value is -0.0400. The Bertz CT molecular complexity index is 103. The number of rotatable bonds is 3. The van der Waals surface area contributed by atoms with E-state index in [-0.39, 0.29) is 0 Å². The minimum Gasteiger partial charge on any atom is -0.311 e. The summed E-state index contributed by atoms with van der Waals surface area (Å²) < 4.78 is 0. The molecule has 1 N–H and O–H groups in total. The summed E-state index contributed by atoms with van der Waals surface area (Å²) in [7, 11) is 0. The molecule has 2 aliphatic carbocycles. The topological polar surface area (TPSA) is 12.0 Å². The molecule has 0 aromatic heterocycles. The van der Waals surface area contributed by atoms with Gasteiger partial charge in [-0.15, -0.1) is 0 Å². The van der Waals surface area contributed by atoms with Crippen molar-refractivity contribution in [2.45, 2.75) is 44.7 Å². The van der Waals surface area contributed by atoms with Crippen molar-refractivity contribution >= 4 is 0 Å². The van der Waals surface area contributed by atoms with Gasteiger partial charge in [0.15, 0.2) is 0 Å². The third-order valence-electron chi connectivity index (χ3n) is 2.41. The predicted molar refractivity (Wildman–Crippen MR) is 38.3 cm³/mol. The maximum absolute atomic E-state index is 3.62. The van der Waals surface area contributed by atoms with Crippen LogP contribution in [0.2, 0.25) is 0 Å². The van der Waals surface area contributed by atoms with E-state index in [1.54, 1.807) is 0 Å². The molecule has 2 fully saturated rings. The van der Waals surface area contributed by atoms with Gasteiger partial charge >= 0.3 is 0 Å². The summed E-state index contributed by atoms with van der Waals surface area (Å²) in [6, 6.07) is 1.72. The zero-order valence-electron chi connectivity index (χ0n) is 6.06. The third-order valence-corrected chi connectivity index (χ3v) is 2.41. The maximum atomic E-state index is 3.62. The Balaban J connectivity index is 1.69. The van der Waals surface area contributed by atoms with E-state index in [1.165, 1.54) is 25.7 Å². The Morgan fingerprint density at radius 2 is 1.89 bits per heavy atom. The van der Waals surface area contributed by atoms with Crippen molar-refractivity contribution in [3.05, 3.63) is 0 Å². The van der Waals surface area contributed by atoms with Crippen LogP contribution in [0.5, 0.6) is 0 Å². The summed E-state index contributed by atoms with van der Waals surface area (Å²) in [5.74, 6) is 1.03. The van der Waals surface area contributed by atoms with Crippen LogP contribution in [-0.2, 0) is 0 Å².